The van der Waals surface area contributed by atoms with Crippen LogP contribution in [0.2, 0.25) is 0 Å². The maximum atomic E-state index is 13.7. The van der Waals surface area contributed by atoms with Crippen LogP contribution in [-0.2, 0) is 4.79 Å². The first-order chi connectivity index (χ1) is 12.5. The molecule has 2 amide bonds. The van der Waals surface area contributed by atoms with Crippen molar-refractivity contribution < 1.29 is 14.0 Å². The lowest BCUT2D eigenvalue weighted by Crippen LogP contribution is -2.59. The number of hydrogen-bond acceptors (Lipinski definition) is 4. The lowest BCUT2D eigenvalue weighted by atomic mass is 10.1. The predicted molar refractivity (Wildman–Crippen MR) is 93.4 cm³/mol. The number of fused-ring (bicyclic) bond motifs is 1. The van der Waals surface area contributed by atoms with Crippen LogP contribution in [0.4, 0.5) is 4.39 Å². The Morgan fingerprint density at radius 3 is 2.81 bits per heavy atom. The molecule has 136 valence electrons. The van der Waals surface area contributed by atoms with Gasteiger partial charge in [-0.05, 0) is 31.0 Å². The number of halogens is 1. The van der Waals surface area contributed by atoms with Crippen LogP contribution in [0.15, 0.2) is 29.1 Å². The van der Waals surface area contributed by atoms with Crippen molar-refractivity contribution >= 4 is 22.7 Å². The number of nitrogens with zero attached hydrogens (tertiary/aromatic N) is 1. The Bertz CT molecular complexity index is 938. The van der Waals surface area contributed by atoms with Crippen molar-refractivity contribution in [3.8, 4) is 0 Å². The highest BCUT2D eigenvalue weighted by Crippen LogP contribution is 2.22. The molecule has 4 rings (SSSR count). The van der Waals surface area contributed by atoms with Crippen molar-refractivity contribution in [2.24, 2.45) is 0 Å². The molecule has 1 atom stereocenters. The van der Waals surface area contributed by atoms with Crippen molar-refractivity contribution in [3.63, 3.8) is 0 Å². The van der Waals surface area contributed by atoms with Crippen LogP contribution in [0, 0.1) is 5.82 Å². The van der Waals surface area contributed by atoms with Crippen LogP contribution in [0.25, 0.3) is 10.9 Å². The SMILES string of the molecule is O=C(NC1CC1)C1CNCCN1C(=O)c1cc(=O)[nH]c2ccc(F)cc12. The molecular weight excluding hydrogens is 339 g/mol. The zero-order chi connectivity index (χ0) is 18.3. The summed E-state index contributed by atoms with van der Waals surface area (Å²) in [7, 11) is 0. The molecule has 1 unspecified atom stereocenters. The van der Waals surface area contributed by atoms with Gasteiger partial charge < -0.3 is 20.5 Å². The topological polar surface area (TPSA) is 94.3 Å². The zero-order valence-corrected chi connectivity index (χ0v) is 14.0. The highest BCUT2D eigenvalue weighted by atomic mass is 19.1. The molecule has 2 aromatic rings. The third-order valence-electron chi connectivity index (χ3n) is 4.77. The molecule has 1 aromatic heterocycles. The molecule has 0 radical (unpaired) electrons. The standard InChI is InChI=1S/C18H19FN4O3/c19-10-1-4-14-12(7-10)13(8-16(24)22-14)18(26)23-6-5-20-9-15(23)17(25)21-11-2-3-11/h1,4,7-8,11,15,20H,2-3,5-6,9H2,(H,21,25)(H,22,24). The number of aromatic amines is 1. The van der Waals surface area contributed by atoms with E-state index in [2.05, 4.69) is 15.6 Å². The maximum absolute atomic E-state index is 13.7. The fourth-order valence-corrected chi connectivity index (χ4v) is 3.26. The Hall–Kier alpha value is -2.74. The molecule has 0 spiro atoms. The molecule has 2 fully saturated rings. The Kier molecular flexibility index (Phi) is 4.20. The molecule has 7 nitrogen and oxygen atoms in total. The number of H-pyrrole nitrogens is 1. The minimum atomic E-state index is -0.653. The van der Waals surface area contributed by atoms with Crippen LogP contribution < -0.4 is 16.2 Å². The number of carbonyl (C=O) groups is 2. The van der Waals surface area contributed by atoms with E-state index in [1.807, 2.05) is 0 Å². The van der Waals surface area contributed by atoms with Gasteiger partial charge in [0.05, 0.1) is 5.56 Å². The molecule has 1 aliphatic carbocycles. The van der Waals surface area contributed by atoms with Crippen LogP contribution in [0.1, 0.15) is 23.2 Å². The van der Waals surface area contributed by atoms with Gasteiger partial charge in [0.1, 0.15) is 11.9 Å². The summed E-state index contributed by atoms with van der Waals surface area (Å²) in [5.41, 5.74) is 0.0484. The number of piperazine rings is 1. The van der Waals surface area contributed by atoms with Crippen LogP contribution >= 0.6 is 0 Å². The summed E-state index contributed by atoms with van der Waals surface area (Å²) in [5, 5.41) is 6.37. The Labute approximate surface area is 148 Å². The summed E-state index contributed by atoms with van der Waals surface area (Å²) in [6.45, 7) is 1.24. The summed E-state index contributed by atoms with van der Waals surface area (Å²) in [6.07, 6.45) is 1.91. The van der Waals surface area contributed by atoms with E-state index in [9.17, 15) is 18.8 Å². The minimum Gasteiger partial charge on any atom is -0.352 e. The van der Waals surface area contributed by atoms with E-state index >= 15 is 0 Å². The number of nitrogens with one attached hydrogen (secondary N) is 3. The van der Waals surface area contributed by atoms with Gasteiger partial charge in [-0.15, -0.1) is 0 Å². The van der Waals surface area contributed by atoms with Gasteiger partial charge >= 0.3 is 0 Å². The molecular formula is C18H19FN4O3. The molecule has 2 heterocycles. The molecule has 1 aliphatic heterocycles. The second-order valence-corrected chi connectivity index (χ2v) is 6.74. The highest BCUT2D eigenvalue weighted by molar-refractivity contribution is 6.07. The van der Waals surface area contributed by atoms with E-state index in [4.69, 9.17) is 0 Å². The number of pyridine rings is 1. The monoisotopic (exact) mass is 358 g/mol. The third kappa shape index (κ3) is 3.20. The zero-order valence-electron chi connectivity index (χ0n) is 14.0. The van der Waals surface area contributed by atoms with E-state index in [-0.39, 0.29) is 17.5 Å². The van der Waals surface area contributed by atoms with Crippen molar-refractivity contribution in [1.82, 2.24) is 20.5 Å². The van der Waals surface area contributed by atoms with Gasteiger partial charge in [0.15, 0.2) is 0 Å². The molecule has 8 heteroatoms. The Morgan fingerprint density at radius 2 is 2.04 bits per heavy atom. The smallest absolute Gasteiger partial charge is 0.255 e. The van der Waals surface area contributed by atoms with Crippen LogP contribution in [0.5, 0.6) is 0 Å². The summed E-state index contributed by atoms with van der Waals surface area (Å²) in [4.78, 5) is 41.6. The molecule has 3 N–H and O–H groups in total. The number of rotatable bonds is 3. The van der Waals surface area contributed by atoms with E-state index in [0.717, 1.165) is 12.8 Å². The number of aromatic nitrogens is 1. The quantitative estimate of drug-likeness (QED) is 0.738. The van der Waals surface area contributed by atoms with Gasteiger partial charge in [-0.25, -0.2) is 4.39 Å². The van der Waals surface area contributed by atoms with Gasteiger partial charge in [-0.3, -0.25) is 14.4 Å². The average molecular weight is 358 g/mol. The molecule has 1 saturated carbocycles. The molecule has 26 heavy (non-hydrogen) atoms. The lowest BCUT2D eigenvalue weighted by Gasteiger charge is -2.35. The van der Waals surface area contributed by atoms with E-state index in [1.54, 1.807) is 0 Å². The largest absolute Gasteiger partial charge is 0.352 e. The van der Waals surface area contributed by atoms with Gasteiger partial charge in [-0.1, -0.05) is 0 Å². The second-order valence-electron chi connectivity index (χ2n) is 6.74. The van der Waals surface area contributed by atoms with Gasteiger partial charge in [0.25, 0.3) is 5.91 Å². The number of hydrogen-bond donors (Lipinski definition) is 3. The van der Waals surface area contributed by atoms with Crippen LogP contribution in [0.3, 0.4) is 0 Å². The predicted octanol–water partition coefficient (Wildman–Crippen LogP) is 0.360. The number of amides is 2. The number of carbonyl (C=O) groups excluding carboxylic acids is 2. The van der Waals surface area contributed by atoms with Gasteiger partial charge in [0, 0.05) is 42.6 Å². The van der Waals surface area contributed by atoms with E-state index in [0.29, 0.717) is 30.5 Å². The van der Waals surface area contributed by atoms with Gasteiger partial charge in [0.2, 0.25) is 11.5 Å². The first-order valence-electron chi connectivity index (χ1n) is 8.67. The highest BCUT2D eigenvalue weighted by Gasteiger charge is 2.35. The molecule has 1 saturated heterocycles. The lowest BCUT2D eigenvalue weighted by molar-refractivity contribution is -0.126. The van der Waals surface area contributed by atoms with Crippen molar-refractivity contribution in [3.05, 3.63) is 46.0 Å². The first-order valence-corrected chi connectivity index (χ1v) is 8.67. The van der Waals surface area contributed by atoms with E-state index < -0.39 is 23.3 Å². The fraction of sp³-hybridized carbons (Fsp3) is 0.389. The maximum Gasteiger partial charge on any atom is 0.255 e. The van der Waals surface area contributed by atoms with Gasteiger partial charge in [-0.2, -0.15) is 0 Å². The molecule has 2 aliphatic rings. The minimum absolute atomic E-state index is 0.106. The van der Waals surface area contributed by atoms with Crippen molar-refractivity contribution in [2.75, 3.05) is 19.6 Å². The second kappa shape index (κ2) is 6.53. The third-order valence-corrected chi connectivity index (χ3v) is 4.77. The van der Waals surface area contributed by atoms with Crippen molar-refractivity contribution in [1.29, 1.82) is 0 Å². The summed E-state index contributed by atoms with van der Waals surface area (Å²) in [5.74, 6) is -1.14. The van der Waals surface area contributed by atoms with Crippen LogP contribution in [-0.4, -0.2) is 53.4 Å². The molecule has 0 bridgehead atoms. The summed E-state index contributed by atoms with van der Waals surface area (Å²) in [6, 6.07) is 4.58. The summed E-state index contributed by atoms with van der Waals surface area (Å²) < 4.78 is 13.7. The number of benzene rings is 1. The fourth-order valence-electron chi connectivity index (χ4n) is 3.26. The Morgan fingerprint density at radius 1 is 1.23 bits per heavy atom. The average Bonchev–Trinajstić information content (AvgIpc) is 3.45. The Balaban J connectivity index is 1.71. The normalized spacial score (nSPS) is 20.2. The molecule has 1 aromatic carbocycles. The first kappa shape index (κ1) is 16.7. The van der Waals surface area contributed by atoms with E-state index in [1.165, 1.54) is 29.2 Å². The van der Waals surface area contributed by atoms with Crippen molar-refractivity contribution in [2.45, 2.75) is 24.9 Å². The summed E-state index contributed by atoms with van der Waals surface area (Å²) >= 11 is 0.